The minimum Gasteiger partial charge on any atom is -0.469 e. The van der Waals surface area contributed by atoms with Gasteiger partial charge in [-0.1, -0.05) is 12.2 Å². The first kappa shape index (κ1) is 24.8. The number of carbonyl (C=O) groups excluding carboxylic acids is 1. The van der Waals surface area contributed by atoms with Crippen LogP contribution in [0.25, 0.3) is 0 Å². The molecular formula is C11H20F4O2. The van der Waals surface area contributed by atoms with Crippen LogP contribution in [0.3, 0.4) is 0 Å². The standard InChI is InChI=1S/C4H7FO2.2C3H5F.CH3F/c1-7-4(6)2-3-5;2*1-2-3-4;1-2/h2-3H2,1H3;2*2H,1,3H2;1H3. The number of esters is 1. The fraction of sp³-hybridized carbons (Fsp3) is 0.545. The fourth-order valence-electron chi connectivity index (χ4n) is 0.179. The topological polar surface area (TPSA) is 26.3 Å². The molecule has 0 aromatic heterocycles. The fourth-order valence-corrected chi connectivity index (χ4v) is 0.179. The maximum atomic E-state index is 11.1. The van der Waals surface area contributed by atoms with Crippen molar-refractivity contribution >= 4 is 5.97 Å². The monoisotopic (exact) mass is 260 g/mol. The molecule has 0 N–H and O–H groups in total. The smallest absolute Gasteiger partial charge is 0.308 e. The van der Waals surface area contributed by atoms with E-state index in [4.69, 9.17) is 0 Å². The van der Waals surface area contributed by atoms with Crippen LogP contribution >= 0.6 is 0 Å². The zero-order valence-corrected chi connectivity index (χ0v) is 10.2. The number of ether oxygens (including phenoxy) is 1. The molecule has 0 radical (unpaired) electrons. The Balaban J connectivity index is -0.0000000733. The van der Waals surface area contributed by atoms with E-state index in [-0.39, 0.29) is 6.42 Å². The molecule has 0 heterocycles. The third-order valence-corrected chi connectivity index (χ3v) is 0.745. The van der Waals surface area contributed by atoms with Gasteiger partial charge in [0, 0.05) is 0 Å². The molecule has 0 aliphatic heterocycles. The van der Waals surface area contributed by atoms with Crippen molar-refractivity contribution in [2.24, 2.45) is 0 Å². The van der Waals surface area contributed by atoms with Crippen molar-refractivity contribution in [3.05, 3.63) is 25.3 Å². The molecule has 0 aromatic rings. The Morgan fingerprint density at radius 2 is 1.41 bits per heavy atom. The molecule has 0 saturated heterocycles. The van der Waals surface area contributed by atoms with Crippen LogP contribution in [0.1, 0.15) is 6.42 Å². The summed E-state index contributed by atoms with van der Waals surface area (Å²) in [6.07, 6.45) is 2.29. The SMILES string of the molecule is C=CCF.C=CCF.CF.COC(=O)CCF. The van der Waals surface area contributed by atoms with E-state index in [9.17, 15) is 22.4 Å². The molecule has 0 unspecified atom stereocenters. The summed E-state index contributed by atoms with van der Waals surface area (Å²) >= 11 is 0. The van der Waals surface area contributed by atoms with Gasteiger partial charge in [0.25, 0.3) is 0 Å². The quantitative estimate of drug-likeness (QED) is 0.440. The maximum Gasteiger partial charge on any atom is 0.308 e. The lowest BCUT2D eigenvalue weighted by atomic mass is 10.5. The minimum absolute atomic E-state index is 0.128. The van der Waals surface area contributed by atoms with Gasteiger partial charge in [-0.2, -0.15) is 0 Å². The third kappa shape index (κ3) is 73.3. The molecule has 0 rings (SSSR count). The zero-order chi connectivity index (χ0) is 14.5. The van der Waals surface area contributed by atoms with Gasteiger partial charge in [-0.05, 0) is 0 Å². The summed E-state index contributed by atoms with van der Waals surface area (Å²) in [5.41, 5.74) is 0. The number of hydrogen-bond donors (Lipinski definition) is 0. The first-order chi connectivity index (χ1) is 8.14. The highest BCUT2D eigenvalue weighted by atomic mass is 19.1. The van der Waals surface area contributed by atoms with Gasteiger partial charge in [0.2, 0.25) is 0 Å². The van der Waals surface area contributed by atoms with Crippen LogP contribution in [-0.2, 0) is 9.53 Å². The average molecular weight is 260 g/mol. The summed E-state index contributed by atoms with van der Waals surface area (Å²) < 4.78 is 45.9. The van der Waals surface area contributed by atoms with Crippen LogP contribution in [0.5, 0.6) is 0 Å². The molecule has 6 heteroatoms. The van der Waals surface area contributed by atoms with Crippen molar-refractivity contribution in [2.45, 2.75) is 6.42 Å². The summed E-state index contributed by atoms with van der Waals surface area (Å²) in [6, 6.07) is 0. The predicted octanol–water partition coefficient (Wildman–Crippen LogP) is 3.39. The van der Waals surface area contributed by atoms with E-state index in [0.717, 1.165) is 0 Å². The van der Waals surface area contributed by atoms with E-state index in [1.165, 1.54) is 19.3 Å². The molecule has 0 fully saturated rings. The summed E-state index contributed by atoms with van der Waals surface area (Å²) in [5, 5.41) is 0. The van der Waals surface area contributed by atoms with Crippen LogP contribution in [0.4, 0.5) is 17.6 Å². The van der Waals surface area contributed by atoms with Gasteiger partial charge < -0.3 is 4.74 Å². The Labute approximate surface area is 100.0 Å². The van der Waals surface area contributed by atoms with Crippen LogP contribution in [-0.4, -0.2) is 40.3 Å². The molecule has 0 saturated carbocycles. The van der Waals surface area contributed by atoms with E-state index in [1.54, 1.807) is 0 Å². The van der Waals surface area contributed by atoms with Crippen molar-refractivity contribution < 1.29 is 27.1 Å². The first-order valence-corrected chi connectivity index (χ1v) is 4.48. The van der Waals surface area contributed by atoms with Gasteiger partial charge in [0.05, 0.1) is 27.4 Å². The van der Waals surface area contributed by atoms with E-state index < -0.39 is 26.0 Å². The molecule has 0 aromatic carbocycles. The molecule has 0 amide bonds. The molecule has 0 bridgehead atoms. The summed E-state index contributed by atoms with van der Waals surface area (Å²) in [7, 11) is 1.73. The predicted molar refractivity (Wildman–Crippen MR) is 62.0 cm³/mol. The van der Waals surface area contributed by atoms with E-state index in [0.29, 0.717) is 7.18 Å². The number of halogens is 4. The Hall–Kier alpha value is -1.33. The lowest BCUT2D eigenvalue weighted by molar-refractivity contribution is -0.140. The van der Waals surface area contributed by atoms with Gasteiger partial charge in [0.1, 0.15) is 13.3 Å². The van der Waals surface area contributed by atoms with Crippen LogP contribution < -0.4 is 0 Å². The molecule has 104 valence electrons. The number of rotatable bonds is 4. The molecule has 2 nitrogen and oxygen atoms in total. The lowest BCUT2D eigenvalue weighted by Crippen LogP contribution is -1.99. The van der Waals surface area contributed by atoms with Gasteiger partial charge in [-0.15, -0.1) is 13.2 Å². The highest BCUT2D eigenvalue weighted by Crippen LogP contribution is 1.82. The van der Waals surface area contributed by atoms with Gasteiger partial charge >= 0.3 is 5.97 Å². The van der Waals surface area contributed by atoms with Gasteiger partial charge in [0.15, 0.2) is 0 Å². The Kier molecular flexibility index (Phi) is 53.1. The number of methoxy groups -OCH3 is 1. The van der Waals surface area contributed by atoms with Gasteiger partial charge in [-0.25, -0.2) is 8.78 Å². The number of hydrogen-bond acceptors (Lipinski definition) is 2. The number of allylic oxidation sites excluding steroid dienone is 2. The van der Waals surface area contributed by atoms with Crippen molar-refractivity contribution in [1.29, 1.82) is 0 Å². The molecular weight excluding hydrogens is 240 g/mol. The van der Waals surface area contributed by atoms with Crippen molar-refractivity contribution in [1.82, 2.24) is 0 Å². The first-order valence-electron chi connectivity index (χ1n) is 4.48. The Morgan fingerprint density at radius 3 is 1.47 bits per heavy atom. The Morgan fingerprint density at radius 1 is 1.12 bits per heavy atom. The summed E-state index contributed by atoms with van der Waals surface area (Å²) in [5.74, 6) is -0.498. The normalized spacial score (nSPS) is 6.71. The summed E-state index contributed by atoms with van der Waals surface area (Å²) in [6.45, 7) is 4.74. The zero-order valence-electron chi connectivity index (χ0n) is 10.2. The lowest BCUT2D eigenvalue weighted by Gasteiger charge is -1.89. The molecule has 0 aliphatic carbocycles. The highest BCUT2D eigenvalue weighted by molar-refractivity contribution is 5.69. The highest BCUT2D eigenvalue weighted by Gasteiger charge is 1.94. The third-order valence-electron chi connectivity index (χ3n) is 0.745. The largest absolute Gasteiger partial charge is 0.469 e. The van der Waals surface area contributed by atoms with Crippen LogP contribution in [0.15, 0.2) is 25.3 Å². The molecule has 17 heavy (non-hydrogen) atoms. The molecule has 0 spiro atoms. The minimum atomic E-state index is -0.632. The van der Waals surface area contributed by atoms with E-state index in [2.05, 4.69) is 17.9 Å². The maximum absolute atomic E-state index is 11.1. The second kappa shape index (κ2) is 36.5. The second-order valence-electron chi connectivity index (χ2n) is 1.90. The second-order valence-corrected chi connectivity index (χ2v) is 1.90. The molecule has 0 aliphatic rings. The number of alkyl halides is 4. The van der Waals surface area contributed by atoms with Crippen molar-refractivity contribution in [3.63, 3.8) is 0 Å². The van der Waals surface area contributed by atoms with E-state index >= 15 is 0 Å². The van der Waals surface area contributed by atoms with Crippen molar-refractivity contribution in [2.75, 3.05) is 34.3 Å². The Bertz CT molecular complexity index is 144. The summed E-state index contributed by atoms with van der Waals surface area (Å²) in [4.78, 5) is 9.95. The average Bonchev–Trinajstić information content (AvgIpc) is 2.41. The van der Waals surface area contributed by atoms with Crippen molar-refractivity contribution in [3.8, 4) is 0 Å². The van der Waals surface area contributed by atoms with E-state index in [1.807, 2.05) is 0 Å². The van der Waals surface area contributed by atoms with Gasteiger partial charge in [-0.3, -0.25) is 13.6 Å². The van der Waals surface area contributed by atoms with Crippen LogP contribution in [0, 0.1) is 0 Å². The number of carbonyl (C=O) groups is 1. The molecule has 0 atom stereocenters. The van der Waals surface area contributed by atoms with Crippen LogP contribution in [0.2, 0.25) is 0 Å².